The fourth-order valence-corrected chi connectivity index (χ4v) is 3.98. The van der Waals surface area contributed by atoms with Gasteiger partial charge in [-0.2, -0.15) is 9.78 Å². The van der Waals surface area contributed by atoms with Gasteiger partial charge >= 0.3 is 0 Å². The highest BCUT2D eigenvalue weighted by atomic mass is 35.5. The first kappa shape index (κ1) is 20.1. The van der Waals surface area contributed by atoms with Crippen LogP contribution >= 0.6 is 11.6 Å². The predicted molar refractivity (Wildman–Crippen MR) is 119 cm³/mol. The number of anilines is 1. The summed E-state index contributed by atoms with van der Waals surface area (Å²) < 4.78 is 7.54. The Labute approximate surface area is 189 Å². The van der Waals surface area contributed by atoms with Gasteiger partial charge in [-0.3, -0.25) is 9.78 Å². The Hall–Kier alpha value is -3.78. The fraction of sp³-hybridized carbons (Fsp3) is 0.174. The van der Waals surface area contributed by atoms with Crippen molar-refractivity contribution in [3.63, 3.8) is 0 Å². The number of hydrogen-bond donors (Lipinski definition) is 1. The third kappa shape index (κ3) is 3.92. The van der Waals surface area contributed by atoms with Crippen molar-refractivity contribution in [2.24, 2.45) is 0 Å². The van der Waals surface area contributed by atoms with E-state index < -0.39 is 0 Å². The van der Waals surface area contributed by atoms with Gasteiger partial charge in [0.1, 0.15) is 18.2 Å². The molecule has 0 saturated carbocycles. The van der Waals surface area contributed by atoms with Gasteiger partial charge in [0.15, 0.2) is 11.0 Å². The topological polar surface area (TPSA) is 94.8 Å². The first-order valence-corrected chi connectivity index (χ1v) is 10.5. The molecule has 0 radical (unpaired) electrons. The summed E-state index contributed by atoms with van der Waals surface area (Å²) in [6.07, 6.45) is 2.05. The van der Waals surface area contributed by atoms with Crippen LogP contribution in [0, 0.1) is 6.92 Å². The second-order valence-corrected chi connectivity index (χ2v) is 7.85. The summed E-state index contributed by atoms with van der Waals surface area (Å²) >= 11 is 5.86. The van der Waals surface area contributed by atoms with E-state index in [-0.39, 0.29) is 17.0 Å². The van der Waals surface area contributed by atoms with Crippen molar-refractivity contribution >= 4 is 23.3 Å². The maximum atomic E-state index is 12.6. The average Bonchev–Trinajstić information content (AvgIpc) is 3.14. The second-order valence-electron chi connectivity index (χ2n) is 7.46. The minimum Gasteiger partial charge on any atom is -0.487 e. The van der Waals surface area contributed by atoms with Crippen LogP contribution in [0.15, 0.2) is 60.8 Å². The molecule has 1 aromatic carbocycles. The molecule has 4 aromatic rings. The molecule has 32 heavy (non-hydrogen) atoms. The van der Waals surface area contributed by atoms with Crippen LogP contribution in [-0.4, -0.2) is 30.9 Å². The quantitative estimate of drug-likeness (QED) is 0.496. The number of carbonyl (C=O) groups is 1. The smallest absolute Gasteiger partial charge is 0.226 e. The van der Waals surface area contributed by atoms with Crippen molar-refractivity contribution in [3.05, 3.63) is 88.5 Å². The first-order chi connectivity index (χ1) is 15.6. The number of halogens is 1. The molecular formula is C23H19ClN6O2. The molecule has 9 heteroatoms. The fourth-order valence-electron chi connectivity index (χ4n) is 3.88. The Morgan fingerprint density at radius 3 is 2.84 bits per heavy atom. The first-order valence-electron chi connectivity index (χ1n) is 10.1. The predicted octanol–water partition coefficient (Wildman–Crippen LogP) is 4.07. The molecule has 5 rings (SSSR count). The van der Waals surface area contributed by atoms with E-state index in [1.807, 2.05) is 49.4 Å². The van der Waals surface area contributed by atoms with Crippen LogP contribution in [-0.2, 0) is 11.4 Å². The summed E-state index contributed by atoms with van der Waals surface area (Å²) in [7, 11) is 0. The number of ether oxygens (including phenoxy) is 1. The number of hydrogen-bond acceptors (Lipinski definition) is 6. The van der Waals surface area contributed by atoms with Gasteiger partial charge in [0, 0.05) is 24.1 Å². The Morgan fingerprint density at radius 1 is 1.16 bits per heavy atom. The Kier molecular flexibility index (Phi) is 5.28. The molecule has 8 nitrogen and oxygen atoms in total. The molecule has 0 bridgehead atoms. The van der Waals surface area contributed by atoms with Gasteiger partial charge in [0.05, 0.1) is 11.4 Å². The van der Waals surface area contributed by atoms with Gasteiger partial charge in [-0.25, -0.2) is 0 Å². The number of pyridine rings is 1. The van der Waals surface area contributed by atoms with E-state index in [1.54, 1.807) is 23.0 Å². The van der Waals surface area contributed by atoms with Crippen LogP contribution in [0.5, 0.6) is 5.75 Å². The highest BCUT2D eigenvalue weighted by molar-refractivity contribution is 6.29. The number of aromatic nitrogens is 5. The number of amides is 1. The van der Waals surface area contributed by atoms with E-state index in [1.165, 1.54) is 0 Å². The van der Waals surface area contributed by atoms with Gasteiger partial charge in [-0.05, 0) is 48.9 Å². The average molecular weight is 447 g/mol. The standard InChI is InChI=1S/C23H19ClN6O2/c1-14-22-18(15-5-4-7-17(11-15)32-13-16-6-2-3-10-25-16)12-21(31)26-23(22)30(29-14)20-9-8-19(24)27-28-20/h2-11,18H,12-13H2,1H3,(H,26,31)/t18-/m0/s1. The van der Waals surface area contributed by atoms with Crippen LogP contribution in [0.1, 0.15) is 34.9 Å². The largest absolute Gasteiger partial charge is 0.487 e. The molecular weight excluding hydrogens is 428 g/mol. The lowest BCUT2D eigenvalue weighted by Gasteiger charge is -2.24. The van der Waals surface area contributed by atoms with E-state index in [0.29, 0.717) is 30.4 Å². The molecule has 3 aromatic heterocycles. The molecule has 0 spiro atoms. The van der Waals surface area contributed by atoms with Gasteiger partial charge in [-0.1, -0.05) is 29.8 Å². The number of aryl methyl sites for hydroxylation is 1. The third-order valence-corrected chi connectivity index (χ3v) is 5.51. The molecule has 0 aliphatic carbocycles. The molecule has 4 heterocycles. The lowest BCUT2D eigenvalue weighted by Crippen LogP contribution is -2.25. The van der Waals surface area contributed by atoms with Crippen molar-refractivity contribution in [2.45, 2.75) is 25.9 Å². The van der Waals surface area contributed by atoms with Crippen LogP contribution in [0.2, 0.25) is 5.15 Å². The molecule has 1 atom stereocenters. The van der Waals surface area contributed by atoms with Crippen molar-refractivity contribution in [1.82, 2.24) is 25.0 Å². The number of fused-ring (bicyclic) bond motifs is 1. The van der Waals surface area contributed by atoms with Crippen LogP contribution in [0.3, 0.4) is 0 Å². The zero-order valence-electron chi connectivity index (χ0n) is 17.2. The number of rotatable bonds is 5. The van der Waals surface area contributed by atoms with Crippen molar-refractivity contribution in [2.75, 3.05) is 5.32 Å². The maximum Gasteiger partial charge on any atom is 0.226 e. The zero-order valence-corrected chi connectivity index (χ0v) is 18.0. The summed E-state index contributed by atoms with van der Waals surface area (Å²) in [5, 5.41) is 15.8. The zero-order chi connectivity index (χ0) is 22.1. The van der Waals surface area contributed by atoms with E-state index in [4.69, 9.17) is 16.3 Å². The minimum atomic E-state index is -0.161. The third-order valence-electron chi connectivity index (χ3n) is 5.31. The Balaban J connectivity index is 1.48. The Morgan fingerprint density at radius 2 is 2.06 bits per heavy atom. The van der Waals surface area contributed by atoms with E-state index >= 15 is 0 Å². The van der Waals surface area contributed by atoms with E-state index in [2.05, 4.69) is 25.6 Å². The van der Waals surface area contributed by atoms with Crippen molar-refractivity contribution in [1.29, 1.82) is 0 Å². The van der Waals surface area contributed by atoms with Crippen LogP contribution in [0.4, 0.5) is 5.82 Å². The van der Waals surface area contributed by atoms with Gasteiger partial charge < -0.3 is 10.1 Å². The molecule has 160 valence electrons. The van der Waals surface area contributed by atoms with Crippen LogP contribution < -0.4 is 10.1 Å². The summed E-state index contributed by atoms with van der Waals surface area (Å²) in [6, 6.07) is 16.9. The molecule has 0 saturated heterocycles. The lowest BCUT2D eigenvalue weighted by atomic mass is 9.86. The molecule has 0 unspecified atom stereocenters. The van der Waals surface area contributed by atoms with Gasteiger partial charge in [-0.15, -0.1) is 10.2 Å². The molecule has 1 aliphatic heterocycles. The van der Waals surface area contributed by atoms with Crippen molar-refractivity contribution < 1.29 is 9.53 Å². The monoisotopic (exact) mass is 446 g/mol. The normalized spacial score (nSPS) is 15.2. The van der Waals surface area contributed by atoms with Gasteiger partial charge in [0.2, 0.25) is 5.91 Å². The summed E-state index contributed by atoms with van der Waals surface area (Å²) in [5.74, 6) is 1.54. The molecule has 1 aliphatic rings. The van der Waals surface area contributed by atoms with Crippen molar-refractivity contribution in [3.8, 4) is 11.6 Å². The minimum absolute atomic E-state index is 0.0922. The summed E-state index contributed by atoms with van der Waals surface area (Å²) in [5.41, 5.74) is 3.58. The summed E-state index contributed by atoms with van der Waals surface area (Å²) in [6.45, 7) is 2.29. The number of benzene rings is 1. The lowest BCUT2D eigenvalue weighted by molar-refractivity contribution is -0.116. The molecule has 0 fully saturated rings. The number of nitrogens with zero attached hydrogens (tertiary/aromatic N) is 5. The summed E-state index contributed by atoms with van der Waals surface area (Å²) in [4.78, 5) is 16.9. The number of nitrogens with one attached hydrogen (secondary N) is 1. The highest BCUT2D eigenvalue weighted by Crippen LogP contribution is 2.40. The second kappa shape index (κ2) is 8.39. The van der Waals surface area contributed by atoms with Gasteiger partial charge in [0.25, 0.3) is 0 Å². The maximum absolute atomic E-state index is 12.6. The van der Waals surface area contributed by atoms with E-state index in [0.717, 1.165) is 22.5 Å². The van der Waals surface area contributed by atoms with E-state index in [9.17, 15) is 4.79 Å². The molecule has 1 N–H and O–H groups in total. The Bertz CT molecular complexity index is 1270. The highest BCUT2D eigenvalue weighted by Gasteiger charge is 2.33. The number of carbonyl (C=O) groups excluding carboxylic acids is 1. The van der Waals surface area contributed by atoms with Crippen LogP contribution in [0.25, 0.3) is 5.82 Å². The molecule has 1 amide bonds. The SMILES string of the molecule is Cc1nn(-c2ccc(Cl)nn2)c2c1[C@H](c1cccc(OCc3ccccn3)c1)CC(=O)N2.